The van der Waals surface area contributed by atoms with E-state index in [4.69, 9.17) is 9.47 Å². The van der Waals surface area contributed by atoms with Crippen molar-refractivity contribution >= 4 is 23.0 Å². The van der Waals surface area contributed by atoms with Crippen LogP contribution in [0.4, 0.5) is 5.69 Å². The Bertz CT molecular complexity index is 960. The molecule has 8 nitrogen and oxygen atoms in total. The smallest absolute Gasteiger partial charge is 0.358 e. The van der Waals surface area contributed by atoms with Crippen LogP contribution in [0.3, 0.4) is 0 Å². The maximum absolute atomic E-state index is 12.1. The number of ether oxygens (including phenoxy) is 2. The fourth-order valence-corrected chi connectivity index (χ4v) is 5.99. The Morgan fingerprint density at radius 3 is 2.72 bits per heavy atom. The van der Waals surface area contributed by atoms with Crippen LogP contribution < -0.4 is 4.74 Å². The van der Waals surface area contributed by atoms with Gasteiger partial charge in [0.25, 0.3) is 5.69 Å². The first-order valence-electron chi connectivity index (χ1n) is 11.0. The van der Waals surface area contributed by atoms with Gasteiger partial charge in [0.15, 0.2) is 5.69 Å². The van der Waals surface area contributed by atoms with Crippen molar-refractivity contribution < 1.29 is 24.3 Å². The van der Waals surface area contributed by atoms with Gasteiger partial charge in [0, 0.05) is 29.3 Å². The number of nitrogens with zero attached hydrogens (tertiary/aromatic N) is 2. The van der Waals surface area contributed by atoms with E-state index in [2.05, 4.69) is 4.98 Å². The quantitative estimate of drug-likeness (QED) is 0.366. The second-order valence-corrected chi connectivity index (χ2v) is 9.88. The molecule has 5 atom stereocenters. The Labute approximate surface area is 190 Å². The molecule has 0 spiro atoms. The van der Waals surface area contributed by atoms with E-state index in [1.54, 1.807) is 17.5 Å². The molecule has 0 aliphatic heterocycles. The second-order valence-electron chi connectivity index (χ2n) is 8.99. The maximum atomic E-state index is 12.1. The fraction of sp³-hybridized carbons (Fsp3) is 0.565. The highest BCUT2D eigenvalue weighted by Gasteiger charge is 2.46. The normalized spacial score (nSPS) is 27.2. The van der Waals surface area contributed by atoms with Crippen LogP contribution >= 0.6 is 11.3 Å². The minimum absolute atomic E-state index is 0.0273. The number of benzene rings is 1. The van der Waals surface area contributed by atoms with E-state index in [0.29, 0.717) is 35.8 Å². The van der Waals surface area contributed by atoms with Crippen molar-refractivity contribution in [3.05, 3.63) is 50.5 Å². The van der Waals surface area contributed by atoms with Crippen LogP contribution in [0.25, 0.3) is 0 Å². The van der Waals surface area contributed by atoms with Crippen molar-refractivity contribution in [2.75, 3.05) is 6.61 Å². The standard InChI is InChI=1S/C23H28N2O6S/c1-13(2)31-23(27)20-12-32-22(24-20)14-3-8-18-15(9-14)10-21(26)19(18)11-30-17-6-4-16(5-7-17)25(28)29/h4-7,12-15,18-19,21,26H,3,8-11H2,1-2H3/t14-,15-,18-,19+,21+/m0/s1. The van der Waals surface area contributed by atoms with Crippen LogP contribution in [-0.2, 0) is 4.74 Å². The summed E-state index contributed by atoms with van der Waals surface area (Å²) in [4.78, 5) is 27.0. The number of aliphatic hydroxyl groups excluding tert-OH is 1. The maximum Gasteiger partial charge on any atom is 0.358 e. The first-order chi connectivity index (χ1) is 15.3. The molecule has 2 aromatic rings. The first kappa shape index (κ1) is 22.7. The highest BCUT2D eigenvalue weighted by atomic mass is 32.1. The number of aliphatic hydroxyl groups is 1. The van der Waals surface area contributed by atoms with E-state index < -0.39 is 11.0 Å². The number of esters is 1. The average Bonchev–Trinajstić information content (AvgIpc) is 3.36. The number of nitro benzene ring substituents is 1. The SMILES string of the molecule is CC(C)OC(=O)c1csc([C@H]2CC[C@H]3[C@@H](C2)C[C@@H](O)[C@@H]3COc2ccc([N+](=O)[O-])cc2)n1. The zero-order valence-corrected chi connectivity index (χ0v) is 19.0. The fourth-order valence-electron chi connectivity index (χ4n) is 5.05. The molecule has 1 N–H and O–H groups in total. The molecule has 0 bridgehead atoms. The van der Waals surface area contributed by atoms with E-state index in [1.807, 2.05) is 13.8 Å². The van der Waals surface area contributed by atoms with E-state index in [-0.39, 0.29) is 23.7 Å². The Balaban J connectivity index is 1.34. The topological polar surface area (TPSA) is 112 Å². The zero-order chi connectivity index (χ0) is 22.8. The summed E-state index contributed by atoms with van der Waals surface area (Å²) in [5.41, 5.74) is 0.404. The lowest BCUT2D eigenvalue weighted by molar-refractivity contribution is -0.384. The zero-order valence-electron chi connectivity index (χ0n) is 18.2. The Kier molecular flexibility index (Phi) is 6.76. The van der Waals surface area contributed by atoms with Crippen LogP contribution in [0.2, 0.25) is 0 Å². The van der Waals surface area contributed by atoms with Gasteiger partial charge in [-0.25, -0.2) is 9.78 Å². The van der Waals surface area contributed by atoms with Crippen LogP contribution in [0.1, 0.15) is 60.9 Å². The molecule has 1 aromatic heterocycles. The number of carbonyl (C=O) groups excluding carboxylic acids is 1. The summed E-state index contributed by atoms with van der Waals surface area (Å²) in [6.07, 6.45) is 3.04. The van der Waals surface area contributed by atoms with Gasteiger partial charge >= 0.3 is 5.97 Å². The first-order valence-corrected chi connectivity index (χ1v) is 11.9. The number of nitro groups is 1. The highest BCUT2D eigenvalue weighted by Crippen LogP contribution is 2.50. The average molecular weight is 461 g/mol. The second kappa shape index (κ2) is 9.54. The van der Waals surface area contributed by atoms with E-state index in [1.165, 1.54) is 23.5 Å². The molecular weight excluding hydrogens is 432 g/mol. The van der Waals surface area contributed by atoms with Gasteiger partial charge in [-0.1, -0.05) is 0 Å². The lowest BCUT2D eigenvalue weighted by atomic mass is 9.73. The van der Waals surface area contributed by atoms with Crippen LogP contribution in [0.15, 0.2) is 29.6 Å². The Morgan fingerprint density at radius 1 is 1.28 bits per heavy atom. The van der Waals surface area contributed by atoms with Gasteiger partial charge in [-0.05, 0) is 63.5 Å². The minimum Gasteiger partial charge on any atom is -0.493 e. The predicted octanol–water partition coefficient (Wildman–Crippen LogP) is 4.58. The van der Waals surface area contributed by atoms with Crippen molar-refractivity contribution in [1.82, 2.24) is 4.98 Å². The summed E-state index contributed by atoms with van der Waals surface area (Å²) in [6, 6.07) is 6.04. The van der Waals surface area contributed by atoms with Gasteiger partial charge in [-0.2, -0.15) is 0 Å². The Morgan fingerprint density at radius 2 is 2.03 bits per heavy atom. The number of hydrogen-bond donors (Lipinski definition) is 1. The van der Waals surface area contributed by atoms with E-state index in [0.717, 1.165) is 30.7 Å². The summed E-state index contributed by atoms with van der Waals surface area (Å²) in [5.74, 6) is 1.31. The molecule has 2 fully saturated rings. The molecule has 0 amide bonds. The highest BCUT2D eigenvalue weighted by molar-refractivity contribution is 7.09. The lowest BCUT2D eigenvalue weighted by Gasteiger charge is -2.33. The van der Waals surface area contributed by atoms with Gasteiger partial charge in [0.1, 0.15) is 5.75 Å². The molecule has 2 aliphatic rings. The van der Waals surface area contributed by atoms with Crippen LogP contribution in [-0.4, -0.2) is 39.8 Å². The molecule has 0 radical (unpaired) electrons. The molecule has 9 heteroatoms. The number of hydrogen-bond acceptors (Lipinski definition) is 8. The van der Waals surface area contributed by atoms with E-state index in [9.17, 15) is 20.0 Å². The van der Waals surface area contributed by atoms with Crippen LogP contribution in [0.5, 0.6) is 5.75 Å². The number of non-ortho nitro benzene ring substituents is 1. The third-order valence-corrected chi connectivity index (χ3v) is 7.55. The van der Waals surface area contributed by atoms with Crippen molar-refractivity contribution in [2.24, 2.45) is 17.8 Å². The van der Waals surface area contributed by atoms with Gasteiger partial charge in [-0.3, -0.25) is 10.1 Å². The molecule has 2 aliphatic carbocycles. The summed E-state index contributed by atoms with van der Waals surface area (Å²) < 4.78 is 11.1. The van der Waals surface area contributed by atoms with Crippen molar-refractivity contribution in [3.63, 3.8) is 0 Å². The van der Waals surface area contributed by atoms with E-state index >= 15 is 0 Å². The third kappa shape index (κ3) is 4.94. The number of fused-ring (bicyclic) bond motifs is 1. The summed E-state index contributed by atoms with van der Waals surface area (Å²) in [6.45, 7) is 4.03. The van der Waals surface area contributed by atoms with Gasteiger partial charge in [0.2, 0.25) is 0 Å². The Hall–Kier alpha value is -2.52. The summed E-state index contributed by atoms with van der Waals surface area (Å²) in [7, 11) is 0. The molecule has 1 aromatic carbocycles. The molecular formula is C23H28N2O6S. The predicted molar refractivity (Wildman–Crippen MR) is 119 cm³/mol. The largest absolute Gasteiger partial charge is 0.493 e. The lowest BCUT2D eigenvalue weighted by Crippen LogP contribution is -2.29. The molecule has 4 rings (SSSR count). The minimum atomic E-state index is -0.438. The van der Waals surface area contributed by atoms with Crippen molar-refractivity contribution in [2.45, 2.75) is 57.7 Å². The van der Waals surface area contributed by atoms with Gasteiger partial charge in [0.05, 0.1) is 28.7 Å². The third-order valence-electron chi connectivity index (χ3n) is 6.54. The van der Waals surface area contributed by atoms with Crippen molar-refractivity contribution in [1.29, 1.82) is 0 Å². The number of thiazole rings is 1. The van der Waals surface area contributed by atoms with Gasteiger partial charge < -0.3 is 14.6 Å². The molecule has 2 saturated carbocycles. The number of carbonyl (C=O) groups is 1. The number of rotatable bonds is 7. The summed E-state index contributed by atoms with van der Waals surface area (Å²) in [5, 5.41) is 24.2. The molecule has 172 valence electrons. The van der Waals surface area contributed by atoms with Gasteiger partial charge in [-0.15, -0.1) is 11.3 Å². The molecule has 1 heterocycles. The molecule has 0 saturated heterocycles. The molecule has 0 unspecified atom stereocenters. The molecule has 32 heavy (non-hydrogen) atoms. The van der Waals surface area contributed by atoms with Crippen molar-refractivity contribution in [3.8, 4) is 5.75 Å². The monoisotopic (exact) mass is 460 g/mol. The van der Waals surface area contributed by atoms with Crippen LogP contribution in [0, 0.1) is 27.9 Å². The number of aromatic nitrogens is 1. The summed E-state index contributed by atoms with van der Waals surface area (Å²) >= 11 is 1.51.